The number of carbonyl (C=O) groups is 1. The lowest BCUT2D eigenvalue weighted by Crippen LogP contribution is -2.41. The number of amides is 1. The van der Waals surface area contributed by atoms with Crippen LogP contribution in [0.3, 0.4) is 0 Å². The summed E-state index contributed by atoms with van der Waals surface area (Å²) in [5.74, 6) is -0.0847. The molecule has 1 rings (SSSR count). The molecule has 0 aliphatic carbocycles. The van der Waals surface area contributed by atoms with Gasteiger partial charge in [0.1, 0.15) is 0 Å². The van der Waals surface area contributed by atoms with Crippen molar-refractivity contribution in [2.24, 2.45) is 5.73 Å². The normalized spacial score (nSPS) is 12.3. The highest BCUT2D eigenvalue weighted by Crippen LogP contribution is 2.22. The second-order valence-corrected chi connectivity index (χ2v) is 4.72. The lowest BCUT2D eigenvalue weighted by molar-refractivity contribution is -0.132. The zero-order chi connectivity index (χ0) is 13.0. The third-order valence-corrected chi connectivity index (χ3v) is 3.05. The highest BCUT2D eigenvalue weighted by molar-refractivity contribution is 6.35. The van der Waals surface area contributed by atoms with Gasteiger partial charge in [-0.3, -0.25) is 4.79 Å². The van der Waals surface area contributed by atoms with Gasteiger partial charge >= 0.3 is 0 Å². The van der Waals surface area contributed by atoms with Crippen molar-refractivity contribution in [3.05, 3.63) is 33.8 Å². The van der Waals surface area contributed by atoms with E-state index in [4.69, 9.17) is 28.9 Å². The van der Waals surface area contributed by atoms with E-state index in [0.717, 1.165) is 5.56 Å². The van der Waals surface area contributed by atoms with Gasteiger partial charge in [-0.1, -0.05) is 29.3 Å². The van der Waals surface area contributed by atoms with Crippen LogP contribution in [0.4, 0.5) is 0 Å². The van der Waals surface area contributed by atoms with E-state index in [1.165, 1.54) is 0 Å². The molecule has 2 N–H and O–H groups in total. The van der Waals surface area contributed by atoms with E-state index in [-0.39, 0.29) is 5.91 Å². The molecule has 0 bridgehead atoms. The molecular formula is C12H16Cl2N2O. The molecule has 1 aromatic carbocycles. The Bertz CT molecular complexity index is 407. The molecule has 17 heavy (non-hydrogen) atoms. The predicted octanol–water partition coefficient (Wildman–Crippen LogP) is 2.69. The summed E-state index contributed by atoms with van der Waals surface area (Å²) in [7, 11) is 0. The number of benzene rings is 1. The molecule has 0 aliphatic heterocycles. The van der Waals surface area contributed by atoms with Gasteiger partial charge in [-0.2, -0.15) is 0 Å². The van der Waals surface area contributed by atoms with Crippen LogP contribution in [0.25, 0.3) is 0 Å². The summed E-state index contributed by atoms with van der Waals surface area (Å²) in [6.07, 6.45) is 0. The molecule has 1 aromatic rings. The van der Waals surface area contributed by atoms with Crippen LogP contribution >= 0.6 is 23.2 Å². The topological polar surface area (TPSA) is 46.3 Å². The average molecular weight is 275 g/mol. The summed E-state index contributed by atoms with van der Waals surface area (Å²) in [6, 6.07) is 4.75. The summed E-state index contributed by atoms with van der Waals surface area (Å²) in [6.45, 7) is 4.63. The Kier molecular flexibility index (Phi) is 5.25. The molecule has 0 aromatic heterocycles. The van der Waals surface area contributed by atoms with Crippen LogP contribution in [0, 0.1) is 0 Å². The lowest BCUT2D eigenvalue weighted by atomic mass is 10.2. The first-order valence-corrected chi connectivity index (χ1v) is 6.19. The smallest absolute Gasteiger partial charge is 0.239 e. The van der Waals surface area contributed by atoms with Crippen molar-refractivity contribution >= 4 is 29.1 Å². The maximum absolute atomic E-state index is 11.8. The first-order valence-electron chi connectivity index (χ1n) is 5.44. The van der Waals surface area contributed by atoms with Crippen LogP contribution in [0.5, 0.6) is 0 Å². The van der Waals surface area contributed by atoms with Crippen LogP contribution in [0.15, 0.2) is 18.2 Å². The van der Waals surface area contributed by atoms with Gasteiger partial charge in [-0.25, -0.2) is 0 Å². The molecule has 0 radical (unpaired) electrons. The van der Waals surface area contributed by atoms with Crippen LogP contribution in [0.1, 0.15) is 19.4 Å². The number of carbonyl (C=O) groups excluding carboxylic acids is 1. The number of hydrogen-bond donors (Lipinski definition) is 1. The number of halogens is 2. The van der Waals surface area contributed by atoms with Gasteiger partial charge in [-0.05, 0) is 31.5 Å². The maximum atomic E-state index is 11.8. The molecule has 0 heterocycles. The quantitative estimate of drug-likeness (QED) is 0.918. The second-order valence-electron chi connectivity index (χ2n) is 3.88. The molecule has 3 nitrogen and oxygen atoms in total. The number of likely N-dealkylation sites (N-methyl/N-ethyl adjacent to an activating group) is 1. The first kappa shape index (κ1) is 14.3. The maximum Gasteiger partial charge on any atom is 0.239 e. The number of nitrogens with two attached hydrogens (primary N) is 1. The zero-order valence-corrected chi connectivity index (χ0v) is 11.4. The highest BCUT2D eigenvalue weighted by atomic mass is 35.5. The fourth-order valence-electron chi connectivity index (χ4n) is 1.49. The molecule has 1 unspecified atom stereocenters. The number of hydrogen-bond acceptors (Lipinski definition) is 2. The van der Waals surface area contributed by atoms with Crippen molar-refractivity contribution < 1.29 is 4.79 Å². The third kappa shape index (κ3) is 3.87. The Hall–Kier alpha value is -0.770. The van der Waals surface area contributed by atoms with E-state index in [9.17, 15) is 4.79 Å². The predicted molar refractivity (Wildman–Crippen MR) is 71.2 cm³/mol. The Morgan fingerprint density at radius 1 is 1.47 bits per heavy atom. The second kappa shape index (κ2) is 6.24. The van der Waals surface area contributed by atoms with Gasteiger partial charge in [0.2, 0.25) is 5.91 Å². The fraction of sp³-hybridized carbons (Fsp3) is 0.417. The van der Waals surface area contributed by atoms with E-state index in [1.807, 2.05) is 13.0 Å². The van der Waals surface area contributed by atoms with Crippen molar-refractivity contribution in [1.82, 2.24) is 4.90 Å². The van der Waals surface area contributed by atoms with E-state index in [1.54, 1.807) is 24.0 Å². The van der Waals surface area contributed by atoms with Gasteiger partial charge in [0.05, 0.1) is 6.04 Å². The monoisotopic (exact) mass is 274 g/mol. The fourth-order valence-corrected chi connectivity index (χ4v) is 1.96. The van der Waals surface area contributed by atoms with Crippen molar-refractivity contribution in [3.63, 3.8) is 0 Å². The van der Waals surface area contributed by atoms with Crippen LogP contribution in [0.2, 0.25) is 10.0 Å². The Labute approximate surface area is 111 Å². The van der Waals surface area contributed by atoms with Crippen LogP contribution in [-0.2, 0) is 11.3 Å². The summed E-state index contributed by atoms with van der Waals surface area (Å²) in [5.41, 5.74) is 6.45. The van der Waals surface area contributed by atoms with Gasteiger partial charge < -0.3 is 10.6 Å². The molecular weight excluding hydrogens is 259 g/mol. The van der Waals surface area contributed by atoms with Crippen molar-refractivity contribution in [1.29, 1.82) is 0 Å². The number of rotatable bonds is 4. The lowest BCUT2D eigenvalue weighted by Gasteiger charge is -2.23. The molecule has 0 spiro atoms. The van der Waals surface area contributed by atoms with E-state index < -0.39 is 6.04 Å². The van der Waals surface area contributed by atoms with Crippen molar-refractivity contribution in [3.8, 4) is 0 Å². The summed E-state index contributed by atoms with van der Waals surface area (Å²) >= 11 is 11.9. The minimum absolute atomic E-state index is 0.0847. The Morgan fingerprint density at radius 3 is 2.59 bits per heavy atom. The Balaban J connectivity index is 2.84. The molecule has 1 atom stereocenters. The van der Waals surface area contributed by atoms with Crippen molar-refractivity contribution in [2.75, 3.05) is 6.54 Å². The molecule has 94 valence electrons. The Morgan fingerprint density at radius 2 is 2.12 bits per heavy atom. The average Bonchev–Trinajstić information content (AvgIpc) is 2.27. The third-order valence-electron chi connectivity index (χ3n) is 2.46. The molecule has 0 saturated carbocycles. The van der Waals surface area contributed by atoms with Gasteiger partial charge in [0, 0.05) is 23.1 Å². The highest BCUT2D eigenvalue weighted by Gasteiger charge is 2.17. The molecule has 0 aliphatic rings. The minimum atomic E-state index is -0.499. The van der Waals surface area contributed by atoms with Crippen LogP contribution < -0.4 is 5.73 Å². The molecule has 0 fully saturated rings. The standard InChI is InChI=1S/C12H16Cl2N2O/c1-3-16(12(17)8(2)15)7-9-4-5-10(13)6-11(9)14/h4-6,8H,3,7,15H2,1-2H3. The van der Waals surface area contributed by atoms with Crippen molar-refractivity contribution in [2.45, 2.75) is 26.4 Å². The van der Waals surface area contributed by atoms with E-state index in [2.05, 4.69) is 0 Å². The number of nitrogens with zero attached hydrogens (tertiary/aromatic N) is 1. The SMILES string of the molecule is CCN(Cc1ccc(Cl)cc1Cl)C(=O)C(C)N. The van der Waals surface area contributed by atoms with E-state index in [0.29, 0.717) is 23.1 Å². The largest absolute Gasteiger partial charge is 0.337 e. The molecule has 1 amide bonds. The minimum Gasteiger partial charge on any atom is -0.337 e. The zero-order valence-electron chi connectivity index (χ0n) is 9.91. The summed E-state index contributed by atoms with van der Waals surface area (Å²) in [4.78, 5) is 13.5. The molecule has 5 heteroatoms. The summed E-state index contributed by atoms with van der Waals surface area (Å²) in [5, 5.41) is 1.15. The summed E-state index contributed by atoms with van der Waals surface area (Å²) < 4.78 is 0. The van der Waals surface area contributed by atoms with Gasteiger partial charge in [0.15, 0.2) is 0 Å². The van der Waals surface area contributed by atoms with Gasteiger partial charge in [0.25, 0.3) is 0 Å². The first-order chi connectivity index (χ1) is 7.95. The molecule has 0 saturated heterocycles. The van der Waals surface area contributed by atoms with Gasteiger partial charge in [-0.15, -0.1) is 0 Å². The van der Waals surface area contributed by atoms with E-state index >= 15 is 0 Å². The van der Waals surface area contributed by atoms with Crippen LogP contribution in [-0.4, -0.2) is 23.4 Å².